The van der Waals surface area contributed by atoms with E-state index in [2.05, 4.69) is 25.7 Å². The number of allylic oxidation sites excluding steroid dienone is 1. The summed E-state index contributed by atoms with van der Waals surface area (Å²) in [5.41, 5.74) is 1.23. The fourth-order valence-electron chi connectivity index (χ4n) is 1.47. The van der Waals surface area contributed by atoms with Gasteiger partial charge in [-0.3, -0.25) is 0 Å². The second-order valence-electron chi connectivity index (χ2n) is 4.05. The molecule has 0 aliphatic carbocycles. The van der Waals surface area contributed by atoms with Gasteiger partial charge in [0.25, 0.3) is 0 Å². The van der Waals surface area contributed by atoms with E-state index in [1.807, 2.05) is 0 Å². The second kappa shape index (κ2) is 10.6. The maximum atomic E-state index is 4.03. The Balaban J connectivity index is 3.10. The van der Waals surface area contributed by atoms with Crippen molar-refractivity contribution in [3.8, 4) is 0 Å². The van der Waals surface area contributed by atoms with Crippen molar-refractivity contribution in [1.82, 2.24) is 5.32 Å². The number of hydrogen-bond donors (Lipinski definition) is 1. The SMILES string of the molecule is C=C(CCCCCCC)NCCCC. The third-order valence-electron chi connectivity index (χ3n) is 2.49. The van der Waals surface area contributed by atoms with Crippen LogP contribution >= 0.6 is 0 Å². The maximum Gasteiger partial charge on any atom is 0.0143 e. The first-order valence-electron chi connectivity index (χ1n) is 6.22. The van der Waals surface area contributed by atoms with Crippen LogP contribution in [0.15, 0.2) is 12.3 Å². The first-order chi connectivity index (χ1) is 6.81. The zero-order valence-electron chi connectivity index (χ0n) is 10.1. The Morgan fingerprint density at radius 3 is 2.21 bits per heavy atom. The van der Waals surface area contributed by atoms with Gasteiger partial charge in [0.15, 0.2) is 0 Å². The molecule has 0 bridgehead atoms. The van der Waals surface area contributed by atoms with Crippen LogP contribution < -0.4 is 5.32 Å². The van der Waals surface area contributed by atoms with Crippen molar-refractivity contribution >= 4 is 0 Å². The molecule has 0 amide bonds. The van der Waals surface area contributed by atoms with Gasteiger partial charge in [-0.05, 0) is 19.3 Å². The number of unbranched alkanes of at least 4 members (excludes halogenated alkanes) is 5. The van der Waals surface area contributed by atoms with Crippen LogP contribution in [0.1, 0.15) is 65.2 Å². The van der Waals surface area contributed by atoms with E-state index >= 15 is 0 Å². The summed E-state index contributed by atoms with van der Waals surface area (Å²) in [6.45, 7) is 9.61. The molecule has 0 unspecified atom stereocenters. The first kappa shape index (κ1) is 13.5. The van der Waals surface area contributed by atoms with Gasteiger partial charge in [0, 0.05) is 12.2 Å². The predicted octanol–water partition coefficient (Wildman–Crippen LogP) is 4.25. The van der Waals surface area contributed by atoms with Crippen molar-refractivity contribution < 1.29 is 0 Å². The van der Waals surface area contributed by atoms with Crippen LogP contribution in [0, 0.1) is 0 Å². The Bertz CT molecular complexity index is 129. The molecule has 0 heterocycles. The van der Waals surface area contributed by atoms with E-state index in [1.54, 1.807) is 0 Å². The molecule has 0 spiro atoms. The van der Waals surface area contributed by atoms with E-state index in [9.17, 15) is 0 Å². The molecule has 84 valence electrons. The van der Waals surface area contributed by atoms with Gasteiger partial charge in [0.1, 0.15) is 0 Å². The minimum atomic E-state index is 1.10. The third-order valence-corrected chi connectivity index (χ3v) is 2.49. The summed E-state index contributed by atoms with van der Waals surface area (Å²) in [5.74, 6) is 0. The number of rotatable bonds is 10. The molecule has 0 saturated carbocycles. The van der Waals surface area contributed by atoms with Crippen LogP contribution in [0.5, 0.6) is 0 Å². The van der Waals surface area contributed by atoms with Gasteiger partial charge in [0.2, 0.25) is 0 Å². The predicted molar refractivity (Wildman–Crippen MR) is 65.4 cm³/mol. The standard InChI is InChI=1S/C13H27N/c1-4-6-8-9-10-11-13(3)14-12-7-5-2/h14H,3-12H2,1-2H3. The van der Waals surface area contributed by atoms with Gasteiger partial charge in [-0.25, -0.2) is 0 Å². The van der Waals surface area contributed by atoms with Crippen molar-refractivity contribution in [2.75, 3.05) is 6.54 Å². The lowest BCUT2D eigenvalue weighted by Gasteiger charge is -2.08. The zero-order valence-corrected chi connectivity index (χ0v) is 10.1. The summed E-state index contributed by atoms with van der Waals surface area (Å²) in [4.78, 5) is 0. The lowest BCUT2D eigenvalue weighted by molar-refractivity contribution is 0.608. The van der Waals surface area contributed by atoms with E-state index in [4.69, 9.17) is 0 Å². The molecule has 0 radical (unpaired) electrons. The van der Waals surface area contributed by atoms with Crippen molar-refractivity contribution in [3.05, 3.63) is 12.3 Å². The monoisotopic (exact) mass is 197 g/mol. The van der Waals surface area contributed by atoms with Crippen molar-refractivity contribution in [2.24, 2.45) is 0 Å². The average molecular weight is 197 g/mol. The van der Waals surface area contributed by atoms with Gasteiger partial charge >= 0.3 is 0 Å². The van der Waals surface area contributed by atoms with E-state index in [0.717, 1.165) is 13.0 Å². The van der Waals surface area contributed by atoms with Crippen LogP contribution in [-0.4, -0.2) is 6.54 Å². The maximum absolute atomic E-state index is 4.03. The molecule has 14 heavy (non-hydrogen) atoms. The third kappa shape index (κ3) is 9.63. The Labute approximate surface area is 90.0 Å². The van der Waals surface area contributed by atoms with Gasteiger partial charge in [-0.1, -0.05) is 52.5 Å². The molecule has 0 aromatic carbocycles. The molecule has 1 N–H and O–H groups in total. The van der Waals surface area contributed by atoms with Gasteiger partial charge < -0.3 is 5.32 Å². The number of nitrogens with one attached hydrogen (secondary N) is 1. The van der Waals surface area contributed by atoms with E-state index < -0.39 is 0 Å². The lowest BCUT2D eigenvalue weighted by atomic mass is 10.1. The zero-order chi connectivity index (χ0) is 10.6. The topological polar surface area (TPSA) is 12.0 Å². The first-order valence-corrected chi connectivity index (χ1v) is 6.22. The molecule has 1 nitrogen and oxygen atoms in total. The highest BCUT2D eigenvalue weighted by molar-refractivity contribution is 4.90. The summed E-state index contributed by atoms with van der Waals surface area (Å²) in [7, 11) is 0. The fourth-order valence-corrected chi connectivity index (χ4v) is 1.47. The molecule has 0 atom stereocenters. The second-order valence-corrected chi connectivity index (χ2v) is 4.05. The lowest BCUT2D eigenvalue weighted by Crippen LogP contribution is -2.13. The van der Waals surface area contributed by atoms with Crippen LogP contribution in [0.2, 0.25) is 0 Å². The molecule has 0 aliphatic heterocycles. The highest BCUT2D eigenvalue weighted by Crippen LogP contribution is 2.07. The van der Waals surface area contributed by atoms with Crippen LogP contribution in [0.3, 0.4) is 0 Å². The molecule has 0 aromatic rings. The van der Waals surface area contributed by atoms with E-state index in [0.29, 0.717) is 0 Å². The van der Waals surface area contributed by atoms with Crippen molar-refractivity contribution in [2.45, 2.75) is 65.2 Å². The van der Waals surface area contributed by atoms with E-state index in [-0.39, 0.29) is 0 Å². The van der Waals surface area contributed by atoms with Crippen LogP contribution in [0.25, 0.3) is 0 Å². The van der Waals surface area contributed by atoms with Gasteiger partial charge in [-0.15, -0.1) is 0 Å². The minimum absolute atomic E-state index is 1.10. The molecule has 0 aliphatic rings. The summed E-state index contributed by atoms with van der Waals surface area (Å²) < 4.78 is 0. The molecule has 0 aromatic heterocycles. The minimum Gasteiger partial charge on any atom is -0.389 e. The Morgan fingerprint density at radius 2 is 1.57 bits per heavy atom. The molecule has 0 rings (SSSR count). The van der Waals surface area contributed by atoms with Crippen molar-refractivity contribution in [3.63, 3.8) is 0 Å². The molecule has 0 fully saturated rings. The summed E-state index contributed by atoms with van der Waals surface area (Å²) in [6, 6.07) is 0. The van der Waals surface area contributed by atoms with Crippen molar-refractivity contribution in [1.29, 1.82) is 0 Å². The van der Waals surface area contributed by atoms with Crippen LogP contribution in [-0.2, 0) is 0 Å². The quantitative estimate of drug-likeness (QED) is 0.516. The Kier molecular flexibility index (Phi) is 10.3. The largest absolute Gasteiger partial charge is 0.389 e. The Morgan fingerprint density at radius 1 is 0.929 bits per heavy atom. The smallest absolute Gasteiger partial charge is 0.0143 e. The molecule has 0 saturated heterocycles. The average Bonchev–Trinajstić information content (AvgIpc) is 2.18. The summed E-state index contributed by atoms with van der Waals surface area (Å²) in [6.07, 6.45) is 10.4. The normalized spacial score (nSPS) is 10.1. The molecule has 1 heteroatoms. The highest BCUT2D eigenvalue weighted by Gasteiger charge is 1.93. The van der Waals surface area contributed by atoms with E-state index in [1.165, 1.54) is 50.6 Å². The number of hydrogen-bond acceptors (Lipinski definition) is 1. The molecular weight excluding hydrogens is 170 g/mol. The highest BCUT2D eigenvalue weighted by atomic mass is 14.9. The van der Waals surface area contributed by atoms with Crippen LogP contribution in [0.4, 0.5) is 0 Å². The Hall–Kier alpha value is -0.460. The summed E-state index contributed by atoms with van der Waals surface area (Å²) in [5, 5.41) is 3.38. The summed E-state index contributed by atoms with van der Waals surface area (Å²) >= 11 is 0. The van der Waals surface area contributed by atoms with Gasteiger partial charge in [0.05, 0.1) is 0 Å². The fraction of sp³-hybridized carbons (Fsp3) is 0.846. The molecular formula is C13H27N. The van der Waals surface area contributed by atoms with Gasteiger partial charge in [-0.2, -0.15) is 0 Å².